The van der Waals surface area contributed by atoms with Gasteiger partial charge in [0.2, 0.25) is 5.91 Å². The van der Waals surface area contributed by atoms with E-state index in [0.717, 1.165) is 11.1 Å². The summed E-state index contributed by atoms with van der Waals surface area (Å²) in [5, 5.41) is 2.63. The van der Waals surface area contributed by atoms with E-state index in [1.54, 1.807) is 18.2 Å². The Kier molecular flexibility index (Phi) is 3.99. The quantitative estimate of drug-likeness (QED) is 0.790. The number of hydrogen-bond donors (Lipinski definition) is 1. The van der Waals surface area contributed by atoms with Crippen LogP contribution in [0.5, 0.6) is 0 Å². The van der Waals surface area contributed by atoms with E-state index in [0.29, 0.717) is 5.69 Å². The average molecular weight is 226 g/mol. The van der Waals surface area contributed by atoms with Crippen molar-refractivity contribution in [1.29, 1.82) is 0 Å². The summed E-state index contributed by atoms with van der Waals surface area (Å²) in [5.74, 6) is -0.138. The number of hydrogen-bond acceptors (Lipinski definition) is 3. The molecule has 0 radical (unpaired) electrons. The van der Waals surface area contributed by atoms with Gasteiger partial charge in [0, 0.05) is 18.4 Å². The third-order valence-corrected chi connectivity index (χ3v) is 2.48. The predicted octanol–water partition coefficient (Wildman–Crippen LogP) is 1.33. The third-order valence-electron chi connectivity index (χ3n) is 1.94. The molecule has 82 valence electrons. The van der Waals surface area contributed by atoms with Crippen LogP contribution in [0.3, 0.4) is 0 Å². The van der Waals surface area contributed by atoms with Gasteiger partial charge in [0.25, 0.3) is 0 Å². The summed E-state index contributed by atoms with van der Waals surface area (Å²) in [4.78, 5) is 10.8. The molecule has 1 aromatic rings. The first-order chi connectivity index (χ1) is 6.99. The molecule has 1 aromatic carbocycles. The zero-order chi connectivity index (χ0) is 11.4. The second-order valence-corrected chi connectivity index (χ2v) is 4.17. The van der Waals surface area contributed by atoms with E-state index in [9.17, 15) is 13.6 Å². The second kappa shape index (κ2) is 5.04. The van der Waals surface area contributed by atoms with Crippen LogP contribution in [-0.4, -0.2) is 14.7 Å². The monoisotopic (exact) mass is 226 g/mol. The predicted molar refractivity (Wildman–Crippen MR) is 58.1 cm³/mol. The number of aryl methyl sites for hydroxylation is 1. The van der Waals surface area contributed by atoms with Crippen molar-refractivity contribution >= 4 is 22.7 Å². The van der Waals surface area contributed by atoms with Crippen LogP contribution in [0.25, 0.3) is 0 Å². The Hall–Kier alpha value is -1.20. The van der Waals surface area contributed by atoms with E-state index in [2.05, 4.69) is 5.32 Å². The van der Waals surface area contributed by atoms with Crippen molar-refractivity contribution in [2.75, 3.05) is 5.32 Å². The SMILES string of the molecule is CC(=O)Nc1ccc(CS(=O)[O-])c(C)c1. The molecule has 0 aliphatic heterocycles. The second-order valence-electron chi connectivity index (χ2n) is 3.27. The molecule has 1 amide bonds. The van der Waals surface area contributed by atoms with Gasteiger partial charge >= 0.3 is 0 Å². The van der Waals surface area contributed by atoms with Gasteiger partial charge in [-0.25, -0.2) is 0 Å². The summed E-state index contributed by atoms with van der Waals surface area (Å²) in [6.45, 7) is 3.24. The zero-order valence-corrected chi connectivity index (χ0v) is 9.39. The molecule has 1 atom stereocenters. The minimum absolute atomic E-state index is 0.00614. The largest absolute Gasteiger partial charge is 0.772 e. The highest BCUT2D eigenvalue weighted by Gasteiger charge is 2.01. The Morgan fingerprint density at radius 1 is 1.53 bits per heavy atom. The maximum atomic E-state index is 10.8. The fourth-order valence-electron chi connectivity index (χ4n) is 1.27. The zero-order valence-electron chi connectivity index (χ0n) is 8.57. The minimum atomic E-state index is -2.08. The maximum Gasteiger partial charge on any atom is 0.221 e. The maximum absolute atomic E-state index is 10.8. The number of rotatable bonds is 3. The van der Waals surface area contributed by atoms with Crippen molar-refractivity contribution in [3.63, 3.8) is 0 Å². The van der Waals surface area contributed by atoms with E-state index in [1.807, 2.05) is 6.92 Å². The fraction of sp³-hybridized carbons (Fsp3) is 0.300. The molecule has 5 heteroatoms. The van der Waals surface area contributed by atoms with Crippen LogP contribution < -0.4 is 5.32 Å². The first-order valence-electron chi connectivity index (χ1n) is 4.42. The average Bonchev–Trinajstić information content (AvgIpc) is 2.08. The lowest BCUT2D eigenvalue weighted by molar-refractivity contribution is -0.114. The van der Waals surface area contributed by atoms with Crippen molar-refractivity contribution in [3.8, 4) is 0 Å². The molecule has 0 heterocycles. The molecule has 15 heavy (non-hydrogen) atoms. The first-order valence-corrected chi connectivity index (χ1v) is 5.66. The molecular formula is C10H12NO3S-. The molecule has 0 fully saturated rings. The molecule has 0 saturated carbocycles. The number of nitrogens with one attached hydrogen (secondary N) is 1. The Labute approximate surface area is 91.0 Å². The van der Waals surface area contributed by atoms with Crippen molar-refractivity contribution in [2.24, 2.45) is 0 Å². The first kappa shape index (κ1) is 11.9. The summed E-state index contributed by atoms with van der Waals surface area (Å²) in [6.07, 6.45) is 0. The molecule has 1 N–H and O–H groups in total. The summed E-state index contributed by atoms with van der Waals surface area (Å²) in [5.41, 5.74) is 2.28. The summed E-state index contributed by atoms with van der Waals surface area (Å²) in [6, 6.07) is 5.15. The summed E-state index contributed by atoms with van der Waals surface area (Å²) < 4.78 is 21.0. The van der Waals surface area contributed by atoms with Gasteiger partial charge in [-0.2, -0.15) is 0 Å². The molecule has 0 spiro atoms. The Morgan fingerprint density at radius 2 is 2.20 bits per heavy atom. The minimum Gasteiger partial charge on any atom is -0.772 e. The van der Waals surface area contributed by atoms with Crippen LogP contribution in [0, 0.1) is 6.92 Å². The van der Waals surface area contributed by atoms with Gasteiger partial charge in [0.15, 0.2) is 0 Å². The number of anilines is 1. The Balaban J connectivity index is 2.87. The number of benzene rings is 1. The molecule has 0 bridgehead atoms. The lowest BCUT2D eigenvalue weighted by Gasteiger charge is -2.10. The van der Waals surface area contributed by atoms with Gasteiger partial charge in [0.05, 0.1) is 0 Å². The van der Waals surface area contributed by atoms with Crippen LogP contribution >= 0.6 is 0 Å². The lowest BCUT2D eigenvalue weighted by atomic mass is 10.1. The van der Waals surface area contributed by atoms with E-state index < -0.39 is 11.1 Å². The topological polar surface area (TPSA) is 69.2 Å². The number of amides is 1. The standard InChI is InChI=1S/C10H13NO3S/c1-7-5-10(11-8(2)12)4-3-9(7)6-15(13)14/h3-5H,6H2,1-2H3,(H,11,12)(H,13,14)/p-1. The van der Waals surface area contributed by atoms with E-state index in [-0.39, 0.29) is 11.7 Å². The molecule has 1 rings (SSSR count). The molecular weight excluding hydrogens is 214 g/mol. The van der Waals surface area contributed by atoms with Crippen molar-refractivity contribution in [1.82, 2.24) is 0 Å². The third kappa shape index (κ3) is 3.81. The molecule has 4 nitrogen and oxygen atoms in total. The van der Waals surface area contributed by atoms with E-state index in [1.165, 1.54) is 6.92 Å². The summed E-state index contributed by atoms with van der Waals surface area (Å²) in [7, 11) is 0. The number of carbonyl (C=O) groups is 1. The highest BCUT2D eigenvalue weighted by Crippen LogP contribution is 2.16. The van der Waals surface area contributed by atoms with Gasteiger partial charge in [-0.15, -0.1) is 0 Å². The van der Waals surface area contributed by atoms with Crippen LogP contribution in [-0.2, 0) is 21.6 Å². The molecule has 0 aliphatic rings. The van der Waals surface area contributed by atoms with Gasteiger partial charge in [-0.05, 0) is 30.2 Å². The Morgan fingerprint density at radius 3 is 2.67 bits per heavy atom. The molecule has 0 aromatic heterocycles. The van der Waals surface area contributed by atoms with Crippen LogP contribution in [0.1, 0.15) is 18.1 Å². The van der Waals surface area contributed by atoms with Crippen LogP contribution in [0.4, 0.5) is 5.69 Å². The van der Waals surface area contributed by atoms with Crippen LogP contribution in [0.2, 0.25) is 0 Å². The van der Waals surface area contributed by atoms with E-state index >= 15 is 0 Å². The van der Waals surface area contributed by atoms with Gasteiger partial charge in [-0.3, -0.25) is 9.00 Å². The Bertz CT molecular complexity index is 404. The lowest BCUT2D eigenvalue weighted by Crippen LogP contribution is -2.06. The molecule has 0 aliphatic carbocycles. The van der Waals surface area contributed by atoms with E-state index in [4.69, 9.17) is 0 Å². The van der Waals surface area contributed by atoms with Crippen LogP contribution in [0.15, 0.2) is 18.2 Å². The highest BCUT2D eigenvalue weighted by molar-refractivity contribution is 7.78. The van der Waals surface area contributed by atoms with Gasteiger partial charge < -0.3 is 9.87 Å². The highest BCUT2D eigenvalue weighted by atomic mass is 32.2. The van der Waals surface area contributed by atoms with Crippen molar-refractivity contribution in [3.05, 3.63) is 29.3 Å². The summed E-state index contributed by atoms with van der Waals surface area (Å²) >= 11 is -2.08. The number of carbonyl (C=O) groups excluding carboxylic acids is 1. The molecule has 1 unspecified atom stereocenters. The van der Waals surface area contributed by atoms with Gasteiger partial charge in [0.1, 0.15) is 0 Å². The smallest absolute Gasteiger partial charge is 0.221 e. The molecule has 0 saturated heterocycles. The fourth-order valence-corrected chi connectivity index (χ4v) is 1.84. The van der Waals surface area contributed by atoms with Crippen molar-refractivity contribution in [2.45, 2.75) is 19.6 Å². The van der Waals surface area contributed by atoms with Crippen molar-refractivity contribution < 1.29 is 13.6 Å². The van der Waals surface area contributed by atoms with Gasteiger partial charge in [-0.1, -0.05) is 17.1 Å². The normalized spacial score (nSPS) is 12.2.